The summed E-state index contributed by atoms with van der Waals surface area (Å²) in [7, 11) is 0. The van der Waals surface area contributed by atoms with E-state index in [-0.39, 0.29) is 0 Å². The summed E-state index contributed by atoms with van der Waals surface area (Å²) >= 11 is 0. The van der Waals surface area contributed by atoms with Crippen molar-refractivity contribution in [2.24, 2.45) is 0 Å². The van der Waals surface area contributed by atoms with Gasteiger partial charge in [-0.1, -0.05) is 48.5 Å². The topological polar surface area (TPSA) is 28.9 Å². The van der Waals surface area contributed by atoms with Crippen LogP contribution in [-0.4, -0.2) is 4.98 Å². The van der Waals surface area contributed by atoms with Crippen LogP contribution in [-0.2, 0) is 0 Å². The Morgan fingerprint density at radius 2 is 1.35 bits per heavy atom. The molecule has 0 saturated carbocycles. The standard InChI is InChI=1S/C24H13NO/c1-2-5-15-11-18-17(10-14(15)4-1)23-19(25-18)12-16-9-8-13-6-3-7-20-21(13)22(16)24(23)26-20/h1-12,25H. The Morgan fingerprint density at radius 1 is 0.577 bits per heavy atom. The van der Waals surface area contributed by atoms with Gasteiger partial charge in [0.25, 0.3) is 0 Å². The molecule has 5 aromatic carbocycles. The molecule has 0 spiro atoms. The first-order valence-corrected chi connectivity index (χ1v) is 8.87. The first-order valence-electron chi connectivity index (χ1n) is 8.87. The summed E-state index contributed by atoms with van der Waals surface area (Å²) in [5, 5.41) is 9.83. The van der Waals surface area contributed by atoms with E-state index >= 15 is 0 Å². The molecule has 0 aliphatic heterocycles. The molecular formula is C24H13NO. The van der Waals surface area contributed by atoms with Crippen molar-refractivity contribution < 1.29 is 4.42 Å². The lowest BCUT2D eigenvalue weighted by Gasteiger charge is -2.01. The molecule has 0 saturated heterocycles. The van der Waals surface area contributed by atoms with Gasteiger partial charge in [-0.2, -0.15) is 0 Å². The van der Waals surface area contributed by atoms with E-state index in [9.17, 15) is 0 Å². The van der Waals surface area contributed by atoms with Gasteiger partial charge in [0, 0.05) is 21.7 Å². The predicted molar refractivity (Wildman–Crippen MR) is 109 cm³/mol. The van der Waals surface area contributed by atoms with Crippen LogP contribution >= 0.6 is 0 Å². The lowest BCUT2D eigenvalue weighted by Crippen LogP contribution is -1.77. The maximum Gasteiger partial charge on any atom is 0.146 e. The third-order valence-corrected chi connectivity index (χ3v) is 5.70. The van der Waals surface area contributed by atoms with Crippen LogP contribution < -0.4 is 0 Å². The lowest BCUT2D eigenvalue weighted by atomic mass is 9.99. The zero-order valence-electron chi connectivity index (χ0n) is 13.8. The Kier molecular flexibility index (Phi) is 2.05. The number of benzene rings is 5. The average Bonchev–Trinajstić information content (AvgIpc) is 3.22. The van der Waals surface area contributed by atoms with Gasteiger partial charge in [-0.15, -0.1) is 0 Å². The molecule has 0 radical (unpaired) electrons. The second-order valence-electron chi connectivity index (χ2n) is 7.12. The maximum atomic E-state index is 6.39. The van der Waals surface area contributed by atoms with E-state index in [1.807, 2.05) is 0 Å². The lowest BCUT2D eigenvalue weighted by molar-refractivity contribution is 0.673. The fraction of sp³-hybridized carbons (Fsp3) is 0. The maximum absolute atomic E-state index is 6.39. The third-order valence-electron chi connectivity index (χ3n) is 5.70. The Hall–Kier alpha value is -3.52. The van der Waals surface area contributed by atoms with Gasteiger partial charge >= 0.3 is 0 Å². The van der Waals surface area contributed by atoms with Crippen LogP contribution in [0.2, 0.25) is 0 Å². The summed E-state index contributed by atoms with van der Waals surface area (Å²) in [5.74, 6) is 0. The zero-order chi connectivity index (χ0) is 16.8. The second-order valence-corrected chi connectivity index (χ2v) is 7.12. The number of hydrogen-bond acceptors (Lipinski definition) is 1. The van der Waals surface area contributed by atoms with Gasteiger partial charge in [-0.05, 0) is 45.8 Å². The number of nitrogens with one attached hydrogen (secondary N) is 1. The molecule has 0 fully saturated rings. The second kappa shape index (κ2) is 4.17. The molecule has 7 rings (SSSR count). The number of rotatable bonds is 0. The van der Waals surface area contributed by atoms with Crippen LogP contribution in [0.15, 0.2) is 77.2 Å². The number of furan rings is 1. The van der Waals surface area contributed by atoms with E-state index in [1.54, 1.807) is 0 Å². The van der Waals surface area contributed by atoms with Crippen molar-refractivity contribution in [3.63, 3.8) is 0 Å². The summed E-state index contributed by atoms with van der Waals surface area (Å²) in [6.45, 7) is 0. The van der Waals surface area contributed by atoms with E-state index in [1.165, 1.54) is 43.1 Å². The van der Waals surface area contributed by atoms with Crippen LogP contribution in [0.5, 0.6) is 0 Å². The van der Waals surface area contributed by atoms with Crippen LogP contribution in [0.1, 0.15) is 0 Å². The highest BCUT2D eigenvalue weighted by molar-refractivity contribution is 6.31. The Labute approximate surface area is 148 Å². The van der Waals surface area contributed by atoms with E-state index in [2.05, 4.69) is 77.8 Å². The largest absolute Gasteiger partial charge is 0.455 e. The van der Waals surface area contributed by atoms with Crippen molar-refractivity contribution in [3.8, 4) is 0 Å². The zero-order valence-corrected chi connectivity index (χ0v) is 13.8. The van der Waals surface area contributed by atoms with Crippen molar-refractivity contribution in [1.82, 2.24) is 4.98 Å². The summed E-state index contributed by atoms with van der Waals surface area (Å²) in [6.07, 6.45) is 0. The van der Waals surface area contributed by atoms with Crippen molar-refractivity contribution in [3.05, 3.63) is 72.8 Å². The number of aromatic amines is 1. The SMILES string of the molecule is c1ccc2cc3c(cc2c1)[nH]c1cc2ccc4cccc5oc(c13)c2c45. The molecule has 0 unspecified atom stereocenters. The molecule has 26 heavy (non-hydrogen) atoms. The molecule has 2 aromatic heterocycles. The monoisotopic (exact) mass is 331 g/mol. The first kappa shape index (κ1) is 12.8. The minimum absolute atomic E-state index is 0.964. The number of H-pyrrole nitrogens is 1. The van der Waals surface area contributed by atoms with Crippen molar-refractivity contribution >= 4 is 65.3 Å². The number of fused-ring (bicyclic) bond motifs is 5. The minimum atomic E-state index is 0.964. The van der Waals surface area contributed by atoms with Gasteiger partial charge in [0.15, 0.2) is 0 Å². The number of aromatic nitrogens is 1. The van der Waals surface area contributed by atoms with Crippen molar-refractivity contribution in [2.75, 3.05) is 0 Å². The van der Waals surface area contributed by atoms with Crippen molar-refractivity contribution in [2.45, 2.75) is 0 Å². The average molecular weight is 331 g/mol. The van der Waals surface area contributed by atoms with E-state index in [0.717, 1.165) is 22.2 Å². The summed E-state index contributed by atoms with van der Waals surface area (Å²) in [5.41, 5.74) is 4.24. The molecule has 2 heteroatoms. The highest BCUT2D eigenvalue weighted by Gasteiger charge is 2.18. The molecule has 0 atom stereocenters. The van der Waals surface area contributed by atoms with Crippen LogP contribution in [0, 0.1) is 0 Å². The highest BCUT2D eigenvalue weighted by atomic mass is 16.3. The molecule has 7 aromatic rings. The molecule has 1 N–H and O–H groups in total. The smallest absolute Gasteiger partial charge is 0.146 e. The van der Waals surface area contributed by atoms with Gasteiger partial charge < -0.3 is 9.40 Å². The Morgan fingerprint density at radius 3 is 2.27 bits per heavy atom. The summed E-state index contributed by atoms with van der Waals surface area (Å²) in [6, 6.07) is 25.9. The molecule has 120 valence electrons. The van der Waals surface area contributed by atoms with Gasteiger partial charge in [0.05, 0.1) is 10.9 Å². The normalized spacial score (nSPS) is 12.6. The molecular weight excluding hydrogens is 318 g/mol. The van der Waals surface area contributed by atoms with Crippen LogP contribution in [0.25, 0.3) is 65.3 Å². The summed E-state index contributed by atoms with van der Waals surface area (Å²) in [4.78, 5) is 3.61. The summed E-state index contributed by atoms with van der Waals surface area (Å²) < 4.78 is 6.39. The molecule has 2 heterocycles. The van der Waals surface area contributed by atoms with E-state index in [4.69, 9.17) is 4.42 Å². The number of hydrogen-bond donors (Lipinski definition) is 1. The van der Waals surface area contributed by atoms with E-state index in [0.29, 0.717) is 0 Å². The molecule has 0 aliphatic rings. The van der Waals surface area contributed by atoms with Crippen LogP contribution in [0.3, 0.4) is 0 Å². The third kappa shape index (κ3) is 1.40. The molecule has 0 aliphatic carbocycles. The quantitative estimate of drug-likeness (QED) is 0.299. The minimum Gasteiger partial charge on any atom is -0.455 e. The first-order chi connectivity index (χ1) is 12.9. The van der Waals surface area contributed by atoms with Gasteiger partial charge in [-0.25, -0.2) is 0 Å². The molecule has 2 nitrogen and oxygen atoms in total. The van der Waals surface area contributed by atoms with Crippen LogP contribution in [0.4, 0.5) is 0 Å². The highest BCUT2D eigenvalue weighted by Crippen LogP contribution is 2.43. The Balaban J connectivity index is 1.82. The Bertz CT molecular complexity index is 1630. The fourth-order valence-corrected chi connectivity index (χ4v) is 4.56. The predicted octanol–water partition coefficient (Wildman–Crippen LogP) is 6.96. The molecule has 0 bridgehead atoms. The fourth-order valence-electron chi connectivity index (χ4n) is 4.56. The van der Waals surface area contributed by atoms with Gasteiger partial charge in [0.2, 0.25) is 0 Å². The van der Waals surface area contributed by atoms with Crippen molar-refractivity contribution in [1.29, 1.82) is 0 Å². The van der Waals surface area contributed by atoms with E-state index < -0.39 is 0 Å². The molecule has 0 amide bonds. The van der Waals surface area contributed by atoms with Gasteiger partial charge in [0.1, 0.15) is 11.2 Å². The van der Waals surface area contributed by atoms with Gasteiger partial charge in [-0.3, -0.25) is 0 Å².